The van der Waals surface area contributed by atoms with Gasteiger partial charge in [-0.2, -0.15) is 0 Å². The van der Waals surface area contributed by atoms with Crippen molar-refractivity contribution < 1.29 is 9.59 Å². The third kappa shape index (κ3) is 3.60. The van der Waals surface area contributed by atoms with Gasteiger partial charge in [-0.25, -0.2) is 4.79 Å². The molecule has 1 aromatic heterocycles. The van der Waals surface area contributed by atoms with Crippen LogP contribution in [0, 0.1) is 0 Å². The number of amides is 3. The minimum Gasteiger partial charge on any atom is -0.336 e. The summed E-state index contributed by atoms with van der Waals surface area (Å²) in [6.07, 6.45) is 0.919. The fourth-order valence-corrected chi connectivity index (χ4v) is 3.84. The second-order valence-electron chi connectivity index (χ2n) is 6.28. The van der Waals surface area contributed by atoms with Gasteiger partial charge in [-0.05, 0) is 20.3 Å². The van der Waals surface area contributed by atoms with Crippen molar-refractivity contribution in [3.05, 3.63) is 30.3 Å². The average Bonchev–Trinajstić information content (AvgIpc) is 3.27. The summed E-state index contributed by atoms with van der Waals surface area (Å²) in [5.41, 5.74) is 0.991. The minimum absolute atomic E-state index is 0.195. The molecule has 1 aliphatic heterocycles. The number of imide groups is 1. The normalized spacial score (nSPS) is 16.4. The number of rotatable bonds is 6. The van der Waals surface area contributed by atoms with Crippen molar-refractivity contribution in [2.75, 3.05) is 13.1 Å². The second kappa shape index (κ2) is 7.90. The van der Waals surface area contributed by atoms with Crippen molar-refractivity contribution in [3.63, 3.8) is 0 Å². The van der Waals surface area contributed by atoms with Crippen molar-refractivity contribution in [1.29, 1.82) is 0 Å². The highest BCUT2D eigenvalue weighted by molar-refractivity contribution is 8.00. The summed E-state index contributed by atoms with van der Waals surface area (Å²) in [7, 11) is 0. The summed E-state index contributed by atoms with van der Waals surface area (Å²) in [6.45, 7) is 6.94. The van der Waals surface area contributed by atoms with Crippen LogP contribution >= 0.6 is 11.8 Å². The fourth-order valence-electron chi connectivity index (χ4n) is 2.83. The molecule has 3 amide bonds. The average molecular weight is 373 g/mol. The van der Waals surface area contributed by atoms with Crippen LogP contribution in [0.5, 0.6) is 0 Å². The van der Waals surface area contributed by atoms with Crippen LogP contribution in [-0.4, -0.2) is 49.9 Å². The smallest absolute Gasteiger partial charge is 0.324 e. The highest BCUT2D eigenvalue weighted by Gasteiger charge is 2.31. The molecule has 2 atom stereocenters. The largest absolute Gasteiger partial charge is 0.336 e. The molecule has 138 valence electrons. The molecule has 0 saturated carbocycles. The molecule has 0 aliphatic carbocycles. The Bertz CT molecular complexity index is 792. The first-order valence-corrected chi connectivity index (χ1v) is 9.67. The summed E-state index contributed by atoms with van der Waals surface area (Å²) in [6, 6.07) is 9.77. The van der Waals surface area contributed by atoms with Crippen molar-refractivity contribution >= 4 is 23.7 Å². The molecule has 0 spiro atoms. The molecule has 1 aromatic carbocycles. The molecule has 0 radical (unpaired) electrons. The zero-order valence-corrected chi connectivity index (χ0v) is 16.0. The lowest BCUT2D eigenvalue weighted by Gasteiger charge is -2.20. The van der Waals surface area contributed by atoms with E-state index in [0.717, 1.165) is 17.8 Å². The molecule has 1 aliphatic rings. The van der Waals surface area contributed by atoms with Crippen LogP contribution in [0.4, 0.5) is 4.79 Å². The van der Waals surface area contributed by atoms with Crippen molar-refractivity contribution in [3.8, 4) is 11.4 Å². The third-order valence-electron chi connectivity index (χ3n) is 4.48. The van der Waals surface area contributed by atoms with Gasteiger partial charge in [-0.1, -0.05) is 49.0 Å². The van der Waals surface area contributed by atoms with E-state index in [0.29, 0.717) is 18.2 Å². The summed E-state index contributed by atoms with van der Waals surface area (Å²) in [5.74, 6) is 0.589. The molecule has 8 heteroatoms. The van der Waals surface area contributed by atoms with Crippen molar-refractivity contribution in [2.24, 2.45) is 0 Å². The molecule has 1 saturated heterocycles. The number of nitrogens with one attached hydrogen (secondary N) is 1. The first-order chi connectivity index (χ1) is 12.5. The highest BCUT2D eigenvalue weighted by Crippen LogP contribution is 2.31. The Morgan fingerprint density at radius 2 is 2.00 bits per heavy atom. The topological polar surface area (TPSA) is 80.1 Å². The lowest BCUT2D eigenvalue weighted by Crippen LogP contribution is -2.39. The Labute approximate surface area is 157 Å². The molecule has 1 N–H and O–H groups in total. The van der Waals surface area contributed by atoms with E-state index in [2.05, 4.69) is 33.9 Å². The van der Waals surface area contributed by atoms with E-state index in [1.54, 1.807) is 6.92 Å². The molecule has 1 fully saturated rings. The number of carbonyl (C=O) groups is 2. The van der Waals surface area contributed by atoms with Crippen LogP contribution in [0.15, 0.2) is 35.5 Å². The number of carbonyl (C=O) groups excluding carboxylic acids is 2. The Kier molecular flexibility index (Phi) is 5.61. The van der Waals surface area contributed by atoms with Gasteiger partial charge in [0, 0.05) is 24.7 Å². The van der Waals surface area contributed by atoms with E-state index in [-0.39, 0.29) is 18.0 Å². The zero-order chi connectivity index (χ0) is 18.7. The lowest BCUT2D eigenvalue weighted by molar-refractivity contribution is -0.126. The van der Waals surface area contributed by atoms with Gasteiger partial charge in [0.05, 0.1) is 5.25 Å². The Hall–Kier alpha value is -2.35. The number of hydrogen-bond acceptors (Lipinski definition) is 5. The Balaban J connectivity index is 1.86. The number of hydrogen-bond donors (Lipinski definition) is 1. The van der Waals surface area contributed by atoms with Crippen LogP contribution in [-0.2, 0) is 4.79 Å². The fraction of sp³-hybridized carbons (Fsp3) is 0.444. The molecule has 3 rings (SSSR count). The predicted molar refractivity (Wildman–Crippen MR) is 101 cm³/mol. The van der Waals surface area contributed by atoms with Gasteiger partial charge in [0.1, 0.15) is 0 Å². The second-order valence-corrected chi connectivity index (χ2v) is 7.59. The van der Waals surface area contributed by atoms with E-state index < -0.39 is 5.25 Å². The van der Waals surface area contributed by atoms with E-state index >= 15 is 0 Å². The molecule has 7 nitrogen and oxygen atoms in total. The summed E-state index contributed by atoms with van der Waals surface area (Å²) < 4.78 is 2.08. The Morgan fingerprint density at radius 1 is 1.27 bits per heavy atom. The van der Waals surface area contributed by atoms with E-state index in [1.807, 2.05) is 30.3 Å². The summed E-state index contributed by atoms with van der Waals surface area (Å²) in [4.78, 5) is 25.6. The minimum atomic E-state index is -0.422. The number of urea groups is 1. The maximum absolute atomic E-state index is 12.6. The highest BCUT2D eigenvalue weighted by atomic mass is 32.2. The SMILES string of the molecule is CC[C@H](C)n1c(S[C@H](C)C(=O)N2CCNC2=O)nnc1-c1ccccc1. The van der Waals surface area contributed by atoms with Crippen LogP contribution in [0.25, 0.3) is 11.4 Å². The molecule has 26 heavy (non-hydrogen) atoms. The summed E-state index contributed by atoms with van der Waals surface area (Å²) >= 11 is 1.34. The molecule has 2 aromatic rings. The lowest BCUT2D eigenvalue weighted by atomic mass is 10.2. The number of aromatic nitrogens is 3. The van der Waals surface area contributed by atoms with Gasteiger partial charge in [-0.15, -0.1) is 10.2 Å². The van der Waals surface area contributed by atoms with Gasteiger partial charge in [-0.3, -0.25) is 14.3 Å². The number of nitrogens with zero attached hydrogens (tertiary/aromatic N) is 4. The van der Waals surface area contributed by atoms with Crippen LogP contribution in [0.3, 0.4) is 0 Å². The maximum Gasteiger partial charge on any atom is 0.324 e. The molecule has 0 bridgehead atoms. The van der Waals surface area contributed by atoms with Gasteiger partial charge in [0.25, 0.3) is 0 Å². The summed E-state index contributed by atoms with van der Waals surface area (Å²) in [5, 5.41) is 11.6. The van der Waals surface area contributed by atoms with Crippen molar-refractivity contribution in [2.45, 2.75) is 43.6 Å². The van der Waals surface area contributed by atoms with Gasteiger partial charge < -0.3 is 5.32 Å². The first kappa shape index (κ1) is 18.4. The van der Waals surface area contributed by atoms with Crippen LogP contribution in [0.1, 0.15) is 33.2 Å². The monoisotopic (exact) mass is 373 g/mol. The third-order valence-corrected chi connectivity index (χ3v) is 5.53. The maximum atomic E-state index is 12.6. The van der Waals surface area contributed by atoms with E-state index in [9.17, 15) is 9.59 Å². The predicted octanol–water partition coefficient (Wildman–Crippen LogP) is 2.95. The standard InChI is InChI=1S/C18H23N5O2S/c1-4-12(2)23-15(14-8-6-5-7-9-14)20-21-18(23)26-13(3)16(24)22-11-10-19-17(22)25/h5-9,12-13H,4,10-11H2,1-3H3,(H,19,25)/t12-,13+/m0/s1. The Morgan fingerprint density at radius 3 is 2.62 bits per heavy atom. The molecular formula is C18H23N5O2S. The van der Waals surface area contributed by atoms with Crippen molar-refractivity contribution in [1.82, 2.24) is 25.0 Å². The molecular weight excluding hydrogens is 350 g/mol. The van der Waals surface area contributed by atoms with Gasteiger partial charge in [0.2, 0.25) is 5.91 Å². The van der Waals surface area contributed by atoms with Gasteiger partial charge >= 0.3 is 6.03 Å². The quantitative estimate of drug-likeness (QED) is 0.788. The molecule has 2 heterocycles. The van der Waals surface area contributed by atoms with Crippen LogP contribution < -0.4 is 5.32 Å². The first-order valence-electron chi connectivity index (χ1n) is 8.79. The van der Waals surface area contributed by atoms with Gasteiger partial charge in [0.15, 0.2) is 11.0 Å². The molecule has 0 unspecified atom stereocenters. The zero-order valence-electron chi connectivity index (χ0n) is 15.2. The van der Waals surface area contributed by atoms with E-state index in [4.69, 9.17) is 0 Å². The number of benzene rings is 1. The van der Waals surface area contributed by atoms with Crippen LogP contribution in [0.2, 0.25) is 0 Å². The number of thioether (sulfide) groups is 1. The van der Waals surface area contributed by atoms with E-state index in [1.165, 1.54) is 16.7 Å².